The third-order valence-corrected chi connectivity index (χ3v) is 9.63. The highest BCUT2D eigenvalue weighted by Crippen LogP contribution is 2.42. The Kier molecular flexibility index (Phi) is 8.15. The minimum absolute atomic E-state index is 0.0569. The van der Waals surface area contributed by atoms with Crippen LogP contribution < -0.4 is 9.80 Å². The van der Waals surface area contributed by atoms with Crippen molar-refractivity contribution < 1.29 is 23.9 Å². The molecule has 3 aliphatic rings. The minimum Gasteiger partial charge on any atom is -0.481 e. The summed E-state index contributed by atoms with van der Waals surface area (Å²) in [6.07, 6.45) is 11.6. The third-order valence-electron chi connectivity index (χ3n) is 8.76. The van der Waals surface area contributed by atoms with Gasteiger partial charge in [-0.15, -0.1) is 0 Å². The summed E-state index contributed by atoms with van der Waals surface area (Å²) in [5.74, 6) is -1.10. The zero-order valence-corrected chi connectivity index (χ0v) is 24.1. The first-order chi connectivity index (χ1) is 20.4. The molecule has 2 aliphatic heterocycles. The molecular weight excluding hydrogens is 555 g/mol. The summed E-state index contributed by atoms with van der Waals surface area (Å²) in [4.78, 5) is 50.2. The van der Waals surface area contributed by atoms with Crippen molar-refractivity contribution in [3.8, 4) is 22.4 Å². The van der Waals surface area contributed by atoms with E-state index in [2.05, 4.69) is 9.97 Å². The van der Waals surface area contributed by atoms with Crippen molar-refractivity contribution in [1.82, 2.24) is 9.97 Å². The second-order valence-corrected chi connectivity index (χ2v) is 12.2. The van der Waals surface area contributed by atoms with Crippen LogP contribution in [0.1, 0.15) is 51.4 Å². The number of carbonyl (C=O) groups is 3. The molecule has 3 aromatic rings. The molecule has 4 heterocycles. The molecule has 2 aromatic heterocycles. The maximum absolute atomic E-state index is 15.6. The number of allylic oxidation sites excluding steroid dienone is 1. The fourth-order valence-corrected chi connectivity index (χ4v) is 7.51. The van der Waals surface area contributed by atoms with Crippen LogP contribution in [-0.4, -0.2) is 45.9 Å². The van der Waals surface area contributed by atoms with Crippen LogP contribution in [0.3, 0.4) is 0 Å². The molecule has 6 rings (SSSR count). The van der Waals surface area contributed by atoms with Crippen LogP contribution in [0.15, 0.2) is 54.7 Å². The highest BCUT2D eigenvalue weighted by Gasteiger charge is 2.40. The highest BCUT2D eigenvalue weighted by atomic mass is 32.1. The Hall–Kier alpha value is -3.92. The lowest BCUT2D eigenvalue weighted by molar-refractivity contribution is -0.142. The van der Waals surface area contributed by atoms with Crippen molar-refractivity contribution in [1.29, 1.82) is 0 Å². The molecule has 2 fully saturated rings. The summed E-state index contributed by atoms with van der Waals surface area (Å²) in [5.41, 5.74) is 2.17. The van der Waals surface area contributed by atoms with E-state index in [1.54, 1.807) is 29.3 Å². The fourth-order valence-electron chi connectivity index (χ4n) is 6.69. The first-order valence-corrected chi connectivity index (χ1v) is 15.4. The summed E-state index contributed by atoms with van der Waals surface area (Å²) in [6.45, 7) is 0.856. The SMILES string of the molecule is O=C(O)C[C@@H]1C(=O)N(c2nc(-c3ccccc3-c3ccc(N4CCCC4=O)nc3)c(F)s2)CC=CC[C@H]1C1CCCC1. The van der Waals surface area contributed by atoms with Gasteiger partial charge in [0.2, 0.25) is 16.9 Å². The van der Waals surface area contributed by atoms with Gasteiger partial charge in [-0.3, -0.25) is 24.2 Å². The van der Waals surface area contributed by atoms with Crippen molar-refractivity contribution in [2.45, 2.75) is 51.4 Å². The number of hydrogen-bond acceptors (Lipinski definition) is 6. The molecule has 1 aromatic carbocycles. The molecule has 218 valence electrons. The van der Waals surface area contributed by atoms with Crippen LogP contribution in [0.25, 0.3) is 22.4 Å². The number of nitrogens with zero attached hydrogens (tertiary/aromatic N) is 4. The van der Waals surface area contributed by atoms with E-state index < -0.39 is 17.0 Å². The van der Waals surface area contributed by atoms with Gasteiger partial charge in [-0.2, -0.15) is 4.39 Å². The number of amides is 2. The van der Waals surface area contributed by atoms with E-state index >= 15 is 4.39 Å². The number of hydrogen-bond donors (Lipinski definition) is 1. The van der Waals surface area contributed by atoms with E-state index in [1.807, 2.05) is 30.4 Å². The Labute approximate surface area is 247 Å². The zero-order chi connectivity index (χ0) is 29.2. The van der Waals surface area contributed by atoms with Crippen LogP contribution in [0.4, 0.5) is 15.3 Å². The molecule has 2 amide bonds. The maximum atomic E-state index is 15.6. The van der Waals surface area contributed by atoms with Crippen molar-refractivity contribution in [2.24, 2.45) is 17.8 Å². The molecule has 0 bridgehead atoms. The number of pyridine rings is 1. The number of halogens is 1. The molecule has 2 atom stereocenters. The van der Waals surface area contributed by atoms with Crippen LogP contribution in [0, 0.1) is 22.9 Å². The van der Waals surface area contributed by atoms with Crippen molar-refractivity contribution in [3.63, 3.8) is 0 Å². The summed E-state index contributed by atoms with van der Waals surface area (Å²) in [6, 6.07) is 11.0. The molecule has 42 heavy (non-hydrogen) atoms. The molecule has 0 spiro atoms. The van der Waals surface area contributed by atoms with Gasteiger partial charge >= 0.3 is 5.97 Å². The van der Waals surface area contributed by atoms with Gasteiger partial charge in [0.15, 0.2) is 5.13 Å². The number of carbonyl (C=O) groups excluding carboxylic acids is 2. The number of aromatic nitrogens is 2. The average Bonchev–Trinajstić information content (AvgIpc) is 3.75. The number of aliphatic carboxylic acids is 1. The van der Waals surface area contributed by atoms with Gasteiger partial charge in [-0.05, 0) is 42.4 Å². The molecule has 0 radical (unpaired) electrons. The van der Waals surface area contributed by atoms with Crippen LogP contribution >= 0.6 is 11.3 Å². The number of rotatable bonds is 7. The molecular formula is C32H33FN4O4S. The second-order valence-electron chi connectivity index (χ2n) is 11.3. The van der Waals surface area contributed by atoms with E-state index in [0.29, 0.717) is 36.7 Å². The summed E-state index contributed by atoms with van der Waals surface area (Å²) >= 11 is 0.800. The lowest BCUT2D eigenvalue weighted by Gasteiger charge is -2.34. The summed E-state index contributed by atoms with van der Waals surface area (Å²) in [5, 5.41) is 9.40. The number of thiazole rings is 1. The van der Waals surface area contributed by atoms with Crippen molar-refractivity contribution in [3.05, 3.63) is 59.9 Å². The number of carboxylic acid groups (broad SMARTS) is 1. The Morgan fingerprint density at radius 2 is 1.81 bits per heavy atom. The lowest BCUT2D eigenvalue weighted by atomic mass is 9.75. The van der Waals surface area contributed by atoms with E-state index in [9.17, 15) is 19.5 Å². The molecule has 1 saturated heterocycles. The zero-order valence-electron chi connectivity index (χ0n) is 23.2. The van der Waals surface area contributed by atoms with E-state index in [1.165, 1.54) is 4.90 Å². The molecule has 1 saturated carbocycles. The van der Waals surface area contributed by atoms with Crippen LogP contribution in [-0.2, 0) is 14.4 Å². The molecule has 8 nitrogen and oxygen atoms in total. The van der Waals surface area contributed by atoms with Gasteiger partial charge in [0.25, 0.3) is 0 Å². The predicted molar refractivity (Wildman–Crippen MR) is 160 cm³/mol. The highest BCUT2D eigenvalue weighted by molar-refractivity contribution is 7.14. The predicted octanol–water partition coefficient (Wildman–Crippen LogP) is 6.33. The van der Waals surface area contributed by atoms with Crippen LogP contribution in [0.5, 0.6) is 0 Å². The summed E-state index contributed by atoms with van der Waals surface area (Å²) in [7, 11) is 0. The quantitative estimate of drug-likeness (QED) is 0.324. The normalized spacial score (nSPS) is 21.6. The van der Waals surface area contributed by atoms with Crippen molar-refractivity contribution >= 4 is 40.1 Å². The molecule has 10 heteroatoms. The monoisotopic (exact) mass is 588 g/mol. The Balaban J connectivity index is 1.32. The van der Waals surface area contributed by atoms with Gasteiger partial charge < -0.3 is 5.11 Å². The maximum Gasteiger partial charge on any atom is 0.304 e. The van der Waals surface area contributed by atoms with Crippen molar-refractivity contribution in [2.75, 3.05) is 22.9 Å². The fraction of sp³-hybridized carbons (Fsp3) is 0.406. The molecule has 0 unspecified atom stereocenters. The van der Waals surface area contributed by atoms with Gasteiger partial charge in [-0.25, -0.2) is 9.97 Å². The van der Waals surface area contributed by atoms with E-state index in [-0.39, 0.29) is 41.5 Å². The molecule has 1 N–H and O–H groups in total. The minimum atomic E-state index is -1.01. The van der Waals surface area contributed by atoms with Gasteiger partial charge in [-0.1, -0.05) is 73.4 Å². The van der Waals surface area contributed by atoms with E-state index in [0.717, 1.165) is 54.6 Å². The first-order valence-electron chi connectivity index (χ1n) is 14.6. The summed E-state index contributed by atoms with van der Waals surface area (Å²) < 4.78 is 15.6. The third kappa shape index (κ3) is 5.60. The van der Waals surface area contributed by atoms with E-state index in [4.69, 9.17) is 0 Å². The lowest BCUT2D eigenvalue weighted by Crippen LogP contribution is -2.43. The van der Waals surface area contributed by atoms with Gasteiger partial charge in [0.1, 0.15) is 11.5 Å². The average molecular weight is 589 g/mol. The largest absolute Gasteiger partial charge is 0.481 e. The number of carboxylic acids is 1. The smallest absolute Gasteiger partial charge is 0.304 e. The standard InChI is InChI=1S/C32H33FN4O4S/c33-30-29(24-12-4-3-10-23(24)21-14-15-26(34-19-21)36-17-7-13-27(36)38)35-32(42-30)37-16-6-5-11-22(20-8-1-2-9-20)25(31(37)41)18-28(39)40/h3-6,10,12,14-15,19-20,22,25H,1-2,7-9,11,13,16-18H2,(H,39,40)/t22-,25-/m0/s1. The second kappa shape index (κ2) is 12.1. The van der Waals surface area contributed by atoms with Crippen LogP contribution in [0.2, 0.25) is 0 Å². The Bertz CT molecular complexity index is 1510. The topological polar surface area (TPSA) is 104 Å². The Morgan fingerprint density at radius 3 is 2.50 bits per heavy atom. The van der Waals surface area contributed by atoms with Gasteiger partial charge in [0.05, 0.1) is 12.3 Å². The Morgan fingerprint density at radius 1 is 1.02 bits per heavy atom. The van der Waals surface area contributed by atoms with Gasteiger partial charge in [0, 0.05) is 36.8 Å². The molecule has 1 aliphatic carbocycles. The number of anilines is 2. The first kappa shape index (κ1) is 28.2. The number of benzene rings is 1.